The maximum absolute atomic E-state index is 11.9. The molecule has 1 N–H and O–H groups in total. The molecule has 0 saturated heterocycles. The molecule has 0 aromatic rings. The van der Waals surface area contributed by atoms with Gasteiger partial charge in [-0.1, -0.05) is 27.7 Å². The van der Waals surface area contributed by atoms with E-state index >= 15 is 0 Å². The van der Waals surface area contributed by atoms with Gasteiger partial charge in [-0.2, -0.15) is 0 Å². The van der Waals surface area contributed by atoms with Crippen molar-refractivity contribution in [3.63, 3.8) is 0 Å². The number of carboxylic acids is 1. The Bertz CT molecular complexity index is 277. The number of carbonyl (C=O) groups excluding carboxylic acids is 1. The fourth-order valence-electron chi connectivity index (χ4n) is 1.10. The Morgan fingerprint density at radius 3 is 1.94 bits per heavy atom. The van der Waals surface area contributed by atoms with Gasteiger partial charge in [0.05, 0.1) is 6.10 Å². The molecule has 0 amide bonds. The Morgan fingerprint density at radius 2 is 1.69 bits per heavy atom. The van der Waals surface area contributed by atoms with Crippen LogP contribution in [0.4, 0.5) is 0 Å². The van der Waals surface area contributed by atoms with E-state index in [1.54, 1.807) is 27.7 Å². The van der Waals surface area contributed by atoms with Crippen molar-refractivity contribution in [2.45, 2.75) is 54.1 Å². The van der Waals surface area contributed by atoms with Crippen LogP contribution in [0.5, 0.6) is 0 Å². The average Bonchev–Trinajstić information content (AvgIpc) is 2.13. The number of ether oxygens (including phenoxy) is 1. The molecule has 94 valence electrons. The van der Waals surface area contributed by atoms with E-state index < -0.39 is 22.8 Å². The molecule has 4 nitrogen and oxygen atoms in total. The van der Waals surface area contributed by atoms with Gasteiger partial charge in [-0.3, -0.25) is 9.59 Å². The predicted octanol–water partition coefficient (Wildman–Crippen LogP) is 2.47. The lowest BCUT2D eigenvalue weighted by Gasteiger charge is -2.36. The van der Waals surface area contributed by atoms with Gasteiger partial charge in [-0.25, -0.2) is 0 Å². The standard InChI is InChI=1S/C12H22O4/c1-7-8(2)16-10(15)12(6,9(13)14)11(3,4)5/h8H,7H2,1-6H3,(H,13,14). The van der Waals surface area contributed by atoms with E-state index in [-0.39, 0.29) is 6.10 Å². The highest BCUT2D eigenvalue weighted by atomic mass is 16.5. The van der Waals surface area contributed by atoms with Crippen LogP contribution in [0, 0.1) is 10.8 Å². The maximum Gasteiger partial charge on any atom is 0.324 e. The molecular formula is C12H22O4. The monoisotopic (exact) mass is 230 g/mol. The van der Waals surface area contributed by atoms with Crippen LogP contribution in [-0.4, -0.2) is 23.1 Å². The molecule has 0 fully saturated rings. The average molecular weight is 230 g/mol. The van der Waals surface area contributed by atoms with Crippen molar-refractivity contribution in [3.05, 3.63) is 0 Å². The first-order valence-electron chi connectivity index (χ1n) is 5.51. The van der Waals surface area contributed by atoms with Crippen molar-refractivity contribution in [2.24, 2.45) is 10.8 Å². The molecule has 0 bridgehead atoms. The van der Waals surface area contributed by atoms with Gasteiger partial charge >= 0.3 is 11.9 Å². The summed E-state index contributed by atoms with van der Waals surface area (Å²) < 4.78 is 5.13. The third kappa shape index (κ3) is 2.74. The fraction of sp³-hybridized carbons (Fsp3) is 0.833. The Hall–Kier alpha value is -1.06. The lowest BCUT2D eigenvalue weighted by molar-refractivity contribution is -0.179. The van der Waals surface area contributed by atoms with Gasteiger partial charge in [0.15, 0.2) is 5.41 Å². The van der Waals surface area contributed by atoms with Crippen LogP contribution in [0.3, 0.4) is 0 Å². The number of carboxylic acid groups (broad SMARTS) is 1. The Kier molecular flexibility index (Phi) is 4.53. The molecule has 0 aromatic heterocycles. The highest BCUT2D eigenvalue weighted by Crippen LogP contribution is 2.40. The smallest absolute Gasteiger partial charge is 0.324 e. The number of rotatable bonds is 4. The molecule has 0 aliphatic heterocycles. The maximum atomic E-state index is 11.9. The third-order valence-electron chi connectivity index (χ3n) is 3.22. The molecule has 2 unspecified atom stereocenters. The lowest BCUT2D eigenvalue weighted by Crippen LogP contribution is -2.48. The minimum Gasteiger partial charge on any atom is -0.480 e. The quantitative estimate of drug-likeness (QED) is 0.595. The van der Waals surface area contributed by atoms with Crippen LogP contribution in [0.15, 0.2) is 0 Å². The minimum atomic E-state index is -1.52. The van der Waals surface area contributed by atoms with E-state index in [1.807, 2.05) is 6.92 Å². The van der Waals surface area contributed by atoms with Gasteiger partial charge in [0.1, 0.15) is 0 Å². The third-order valence-corrected chi connectivity index (χ3v) is 3.22. The van der Waals surface area contributed by atoms with Crippen LogP contribution >= 0.6 is 0 Å². The highest BCUT2D eigenvalue weighted by molar-refractivity contribution is 5.99. The minimum absolute atomic E-state index is 0.256. The van der Waals surface area contributed by atoms with Crippen molar-refractivity contribution in [2.75, 3.05) is 0 Å². The van der Waals surface area contributed by atoms with E-state index in [1.165, 1.54) is 6.92 Å². The number of carbonyl (C=O) groups is 2. The van der Waals surface area contributed by atoms with Crippen LogP contribution < -0.4 is 0 Å². The first-order valence-corrected chi connectivity index (χ1v) is 5.51. The van der Waals surface area contributed by atoms with Gasteiger partial charge in [0.25, 0.3) is 0 Å². The second-order valence-electron chi connectivity index (χ2n) is 5.30. The molecule has 0 radical (unpaired) electrons. The second kappa shape index (κ2) is 4.85. The zero-order valence-corrected chi connectivity index (χ0v) is 11.0. The van der Waals surface area contributed by atoms with Crippen molar-refractivity contribution in [1.82, 2.24) is 0 Å². The van der Waals surface area contributed by atoms with Gasteiger partial charge in [-0.15, -0.1) is 0 Å². The summed E-state index contributed by atoms with van der Waals surface area (Å²) >= 11 is 0. The predicted molar refractivity (Wildman–Crippen MR) is 61.0 cm³/mol. The molecule has 0 heterocycles. The number of aliphatic carboxylic acids is 1. The summed E-state index contributed by atoms with van der Waals surface area (Å²) in [6.45, 7) is 10.2. The number of hydrogen-bond acceptors (Lipinski definition) is 3. The van der Waals surface area contributed by atoms with E-state index in [2.05, 4.69) is 0 Å². The summed E-state index contributed by atoms with van der Waals surface area (Å²) in [6, 6.07) is 0. The first-order chi connectivity index (χ1) is 7.07. The molecule has 0 rings (SSSR count). The second-order valence-corrected chi connectivity index (χ2v) is 5.30. The normalized spacial score (nSPS) is 17.4. The van der Waals surface area contributed by atoms with Crippen LogP contribution in [-0.2, 0) is 14.3 Å². The van der Waals surface area contributed by atoms with Gasteiger partial charge in [0.2, 0.25) is 0 Å². The van der Waals surface area contributed by atoms with E-state index in [4.69, 9.17) is 4.74 Å². The molecule has 0 aromatic carbocycles. The molecule has 16 heavy (non-hydrogen) atoms. The molecule has 0 aliphatic rings. The summed E-state index contributed by atoms with van der Waals surface area (Å²) in [5.74, 6) is -1.81. The summed E-state index contributed by atoms with van der Waals surface area (Å²) in [7, 11) is 0. The number of hydrogen-bond donors (Lipinski definition) is 1. The van der Waals surface area contributed by atoms with E-state index in [0.29, 0.717) is 6.42 Å². The van der Waals surface area contributed by atoms with Crippen LogP contribution in [0.1, 0.15) is 48.0 Å². The molecule has 2 atom stereocenters. The summed E-state index contributed by atoms with van der Waals surface area (Å²) in [5.41, 5.74) is -2.21. The summed E-state index contributed by atoms with van der Waals surface area (Å²) in [5, 5.41) is 9.22. The summed E-state index contributed by atoms with van der Waals surface area (Å²) in [6.07, 6.45) is 0.416. The van der Waals surface area contributed by atoms with Crippen LogP contribution in [0.2, 0.25) is 0 Å². The van der Waals surface area contributed by atoms with Crippen molar-refractivity contribution >= 4 is 11.9 Å². The molecule has 0 saturated carbocycles. The topological polar surface area (TPSA) is 63.6 Å². The Labute approximate surface area is 97.0 Å². The van der Waals surface area contributed by atoms with Crippen LogP contribution in [0.25, 0.3) is 0 Å². The Balaban J connectivity index is 5.09. The van der Waals surface area contributed by atoms with Gasteiger partial charge < -0.3 is 9.84 Å². The SMILES string of the molecule is CCC(C)OC(=O)C(C)(C(=O)O)C(C)(C)C. The fourth-order valence-corrected chi connectivity index (χ4v) is 1.10. The summed E-state index contributed by atoms with van der Waals surface area (Å²) in [4.78, 5) is 23.2. The molecule has 0 aliphatic carbocycles. The van der Waals surface area contributed by atoms with Gasteiger partial charge in [-0.05, 0) is 25.7 Å². The van der Waals surface area contributed by atoms with Gasteiger partial charge in [0, 0.05) is 0 Å². The van der Waals surface area contributed by atoms with Crippen molar-refractivity contribution in [3.8, 4) is 0 Å². The zero-order valence-electron chi connectivity index (χ0n) is 11.0. The molecular weight excluding hydrogens is 208 g/mol. The van der Waals surface area contributed by atoms with Crippen molar-refractivity contribution < 1.29 is 19.4 Å². The van der Waals surface area contributed by atoms with Crippen molar-refractivity contribution in [1.29, 1.82) is 0 Å². The molecule has 4 heteroatoms. The molecule has 0 spiro atoms. The zero-order chi connectivity index (χ0) is 13.1. The highest BCUT2D eigenvalue weighted by Gasteiger charge is 2.52. The Morgan fingerprint density at radius 1 is 1.25 bits per heavy atom. The van der Waals surface area contributed by atoms with E-state index in [9.17, 15) is 14.7 Å². The first kappa shape index (κ1) is 14.9. The lowest BCUT2D eigenvalue weighted by atomic mass is 9.68. The largest absolute Gasteiger partial charge is 0.480 e. The number of esters is 1. The van der Waals surface area contributed by atoms with E-state index in [0.717, 1.165) is 0 Å².